The van der Waals surface area contributed by atoms with Gasteiger partial charge in [0.05, 0.1) is 29.8 Å². The molecule has 1 aliphatic rings. The molecular formula is C20H43NO3S. The van der Waals surface area contributed by atoms with Crippen molar-refractivity contribution >= 4 is 10.1 Å². The number of rotatable bonds is 12. The van der Waals surface area contributed by atoms with Gasteiger partial charge in [0.15, 0.2) is 0 Å². The molecule has 1 heterocycles. The number of unbranched alkanes of at least 4 members (excludes halogenated alkanes) is 8. The molecule has 0 spiro atoms. The van der Waals surface area contributed by atoms with Crippen molar-refractivity contribution in [2.24, 2.45) is 5.92 Å². The second kappa shape index (κ2) is 16.1. The summed E-state index contributed by atoms with van der Waals surface area (Å²) in [5.41, 5.74) is 0. The van der Waals surface area contributed by atoms with Gasteiger partial charge in [0.25, 0.3) is 0 Å². The zero-order chi connectivity index (χ0) is 19.0. The Morgan fingerprint density at radius 1 is 0.920 bits per heavy atom. The maximum absolute atomic E-state index is 9.08. The highest BCUT2D eigenvalue weighted by atomic mass is 32.2. The molecule has 1 rings (SSSR count). The van der Waals surface area contributed by atoms with Crippen LogP contribution in [0.3, 0.4) is 0 Å². The number of likely N-dealkylation sites (tertiary alicyclic amines) is 1. The molecule has 0 aromatic rings. The van der Waals surface area contributed by atoms with Gasteiger partial charge in [-0.15, -0.1) is 0 Å². The summed E-state index contributed by atoms with van der Waals surface area (Å²) in [6.07, 6.45) is 19.6. The van der Waals surface area contributed by atoms with Crippen molar-refractivity contribution in [3.63, 3.8) is 0 Å². The lowest BCUT2D eigenvalue weighted by molar-refractivity contribution is -0.909. The van der Waals surface area contributed by atoms with Gasteiger partial charge in [-0.05, 0) is 32.1 Å². The van der Waals surface area contributed by atoms with E-state index in [2.05, 4.69) is 13.8 Å². The van der Waals surface area contributed by atoms with E-state index in [4.69, 9.17) is 13.0 Å². The first-order chi connectivity index (χ1) is 11.9. The molecule has 2 unspecified atom stereocenters. The van der Waals surface area contributed by atoms with Gasteiger partial charge in [0, 0.05) is 12.2 Å². The summed E-state index contributed by atoms with van der Waals surface area (Å²) < 4.78 is 27.2. The summed E-state index contributed by atoms with van der Waals surface area (Å²) in [6.45, 7) is 9.03. The predicted molar refractivity (Wildman–Crippen MR) is 106 cm³/mol. The van der Waals surface area contributed by atoms with Crippen LogP contribution in [0.4, 0.5) is 0 Å². The zero-order valence-electron chi connectivity index (χ0n) is 17.0. The third-order valence-electron chi connectivity index (χ3n) is 5.05. The molecule has 0 aromatic carbocycles. The number of nitrogens with one attached hydrogen (secondary N) is 1. The van der Waals surface area contributed by atoms with Crippen LogP contribution >= 0.6 is 0 Å². The van der Waals surface area contributed by atoms with Crippen LogP contribution in [0.2, 0.25) is 0 Å². The molecule has 152 valence electrons. The molecule has 0 amide bonds. The SMILES string of the molecule is CCCCCCCCCCC[NH+]1CCCC(CCC)C1.CS(=O)(=O)[O-]. The van der Waals surface area contributed by atoms with Crippen LogP contribution in [-0.2, 0) is 10.1 Å². The average molecular weight is 378 g/mol. The molecule has 1 N–H and O–H groups in total. The number of hydrogen-bond acceptors (Lipinski definition) is 3. The minimum Gasteiger partial charge on any atom is -0.748 e. The molecule has 4 nitrogen and oxygen atoms in total. The fourth-order valence-electron chi connectivity index (χ4n) is 3.82. The van der Waals surface area contributed by atoms with E-state index in [1.54, 1.807) is 0 Å². The summed E-state index contributed by atoms with van der Waals surface area (Å²) in [5, 5.41) is 0. The maximum Gasteiger partial charge on any atom is 0.0916 e. The van der Waals surface area contributed by atoms with E-state index in [1.165, 1.54) is 103 Å². The van der Waals surface area contributed by atoms with E-state index in [0.29, 0.717) is 6.26 Å². The number of quaternary nitrogens is 1. The van der Waals surface area contributed by atoms with Crippen LogP contribution in [0.25, 0.3) is 0 Å². The maximum atomic E-state index is 9.08. The van der Waals surface area contributed by atoms with E-state index in [0.717, 1.165) is 5.92 Å². The Bertz CT molecular complexity index is 374. The molecule has 0 saturated carbocycles. The second-order valence-corrected chi connectivity index (χ2v) is 9.19. The van der Waals surface area contributed by atoms with Crippen LogP contribution in [-0.4, -0.2) is 38.9 Å². The van der Waals surface area contributed by atoms with Gasteiger partial charge in [0.2, 0.25) is 0 Å². The van der Waals surface area contributed by atoms with Crippen molar-refractivity contribution in [2.75, 3.05) is 25.9 Å². The third-order valence-corrected chi connectivity index (χ3v) is 5.05. The first-order valence-electron chi connectivity index (χ1n) is 10.6. The fraction of sp³-hybridized carbons (Fsp3) is 1.00. The summed E-state index contributed by atoms with van der Waals surface area (Å²) >= 11 is 0. The van der Waals surface area contributed by atoms with Crippen molar-refractivity contribution in [2.45, 2.75) is 97.3 Å². The normalized spacial score (nSPS) is 20.8. The van der Waals surface area contributed by atoms with E-state index < -0.39 is 10.1 Å². The van der Waals surface area contributed by atoms with Crippen LogP contribution in [0.1, 0.15) is 97.3 Å². The smallest absolute Gasteiger partial charge is 0.0916 e. The topological polar surface area (TPSA) is 61.6 Å². The lowest BCUT2D eigenvalue weighted by Crippen LogP contribution is -3.13. The first-order valence-corrected chi connectivity index (χ1v) is 12.4. The Hall–Kier alpha value is -0.130. The molecular weight excluding hydrogens is 334 g/mol. The molecule has 5 heteroatoms. The van der Waals surface area contributed by atoms with Crippen molar-refractivity contribution in [3.05, 3.63) is 0 Å². The molecule has 1 saturated heterocycles. The Morgan fingerprint density at radius 3 is 1.96 bits per heavy atom. The van der Waals surface area contributed by atoms with Crippen LogP contribution in [0.5, 0.6) is 0 Å². The highest BCUT2D eigenvalue weighted by Crippen LogP contribution is 2.13. The minimum absolute atomic E-state index is 0.604. The van der Waals surface area contributed by atoms with Crippen molar-refractivity contribution in [1.82, 2.24) is 0 Å². The largest absolute Gasteiger partial charge is 0.748 e. The molecule has 0 aliphatic carbocycles. The lowest BCUT2D eigenvalue weighted by Gasteiger charge is -2.29. The van der Waals surface area contributed by atoms with Crippen LogP contribution in [0.15, 0.2) is 0 Å². The second-order valence-electron chi connectivity index (χ2n) is 7.78. The predicted octanol–water partition coefficient (Wildman–Crippen LogP) is 3.77. The van der Waals surface area contributed by atoms with E-state index in [9.17, 15) is 0 Å². The Labute approximate surface area is 157 Å². The summed E-state index contributed by atoms with van der Waals surface area (Å²) in [4.78, 5) is 1.91. The minimum atomic E-state index is -3.92. The highest BCUT2D eigenvalue weighted by Gasteiger charge is 2.21. The summed E-state index contributed by atoms with van der Waals surface area (Å²) in [5.74, 6) is 1.04. The van der Waals surface area contributed by atoms with Crippen molar-refractivity contribution < 1.29 is 17.9 Å². The number of piperidine rings is 1. The Kier molecular flexibility index (Phi) is 16.0. The van der Waals surface area contributed by atoms with E-state index >= 15 is 0 Å². The first kappa shape index (κ1) is 24.9. The van der Waals surface area contributed by atoms with Gasteiger partial charge < -0.3 is 9.45 Å². The van der Waals surface area contributed by atoms with Gasteiger partial charge in [-0.2, -0.15) is 0 Å². The Balaban J connectivity index is 0.00000101. The average Bonchev–Trinajstić information content (AvgIpc) is 2.52. The van der Waals surface area contributed by atoms with Crippen molar-refractivity contribution in [3.8, 4) is 0 Å². The zero-order valence-corrected chi connectivity index (χ0v) is 17.8. The molecule has 0 bridgehead atoms. The monoisotopic (exact) mass is 377 g/mol. The molecule has 2 atom stereocenters. The molecule has 0 aromatic heterocycles. The summed E-state index contributed by atoms with van der Waals surface area (Å²) in [6, 6.07) is 0. The van der Waals surface area contributed by atoms with Crippen LogP contribution in [0, 0.1) is 5.92 Å². The highest BCUT2D eigenvalue weighted by molar-refractivity contribution is 7.84. The Morgan fingerprint density at radius 2 is 1.44 bits per heavy atom. The van der Waals surface area contributed by atoms with Gasteiger partial charge >= 0.3 is 0 Å². The third kappa shape index (κ3) is 20.0. The van der Waals surface area contributed by atoms with Gasteiger partial charge in [-0.25, -0.2) is 8.42 Å². The molecule has 0 radical (unpaired) electrons. The van der Waals surface area contributed by atoms with Crippen molar-refractivity contribution in [1.29, 1.82) is 0 Å². The molecule has 1 aliphatic heterocycles. The van der Waals surface area contributed by atoms with Gasteiger partial charge in [0.1, 0.15) is 0 Å². The fourth-order valence-corrected chi connectivity index (χ4v) is 3.82. The van der Waals surface area contributed by atoms with E-state index in [1.807, 2.05) is 4.90 Å². The summed E-state index contributed by atoms with van der Waals surface area (Å²) in [7, 11) is -3.92. The van der Waals surface area contributed by atoms with Crippen LogP contribution < -0.4 is 4.90 Å². The molecule has 25 heavy (non-hydrogen) atoms. The standard InChI is InChI=1S/C19H39N.CH4O3S/c1-3-5-6-7-8-9-10-11-12-16-20-17-13-15-19(18-20)14-4-2;1-5(2,3)4/h19H,3-18H2,1-2H3;1H3,(H,2,3,4). The van der Waals surface area contributed by atoms with Gasteiger partial charge in [-0.1, -0.05) is 65.2 Å². The van der Waals surface area contributed by atoms with E-state index in [-0.39, 0.29) is 0 Å². The quantitative estimate of drug-likeness (QED) is 0.416. The number of hydrogen-bond donors (Lipinski definition) is 1. The molecule has 1 fully saturated rings. The van der Waals surface area contributed by atoms with Gasteiger partial charge in [-0.3, -0.25) is 0 Å². The lowest BCUT2D eigenvalue weighted by atomic mass is 9.93.